The molecule has 2 aromatic rings. The number of benzene rings is 1. The minimum absolute atomic E-state index is 0.0492. The van der Waals surface area contributed by atoms with Gasteiger partial charge in [-0.25, -0.2) is 9.48 Å². The maximum atomic E-state index is 12.2. The van der Waals surface area contributed by atoms with Gasteiger partial charge in [0.15, 0.2) is 0 Å². The minimum atomic E-state index is -1.09. The molecule has 1 heterocycles. The summed E-state index contributed by atoms with van der Waals surface area (Å²) in [6.45, 7) is 3.74. The highest BCUT2D eigenvalue weighted by Gasteiger charge is 2.22. The van der Waals surface area contributed by atoms with Gasteiger partial charge in [-0.2, -0.15) is 5.10 Å². The van der Waals surface area contributed by atoms with Crippen molar-refractivity contribution >= 4 is 17.6 Å². The third-order valence-electron chi connectivity index (χ3n) is 3.48. The van der Waals surface area contributed by atoms with E-state index in [1.54, 1.807) is 0 Å². The van der Waals surface area contributed by atoms with Crippen molar-refractivity contribution in [1.29, 1.82) is 0 Å². The maximum Gasteiger partial charge on any atom is 0.326 e. The number of nitrogens with zero attached hydrogens (tertiary/aromatic N) is 3. The number of carboxylic acid groups (broad SMARTS) is 1. The van der Waals surface area contributed by atoms with Gasteiger partial charge in [-0.3, -0.25) is 14.9 Å². The van der Waals surface area contributed by atoms with E-state index in [0.717, 1.165) is 0 Å². The van der Waals surface area contributed by atoms with Crippen molar-refractivity contribution in [3.63, 3.8) is 0 Å². The van der Waals surface area contributed by atoms with Crippen LogP contribution in [0.4, 0.5) is 5.69 Å². The molecule has 0 unspecified atom stereocenters. The summed E-state index contributed by atoms with van der Waals surface area (Å²) >= 11 is 0. The molecular formula is C16H18N4O5. The zero-order valence-electron chi connectivity index (χ0n) is 13.7. The van der Waals surface area contributed by atoms with Gasteiger partial charge in [0.2, 0.25) is 0 Å². The van der Waals surface area contributed by atoms with E-state index in [1.807, 2.05) is 13.8 Å². The fourth-order valence-electron chi connectivity index (χ4n) is 2.24. The average Bonchev–Trinajstić information content (AvgIpc) is 3.03. The molecule has 1 atom stereocenters. The molecule has 2 rings (SSSR count). The third-order valence-corrected chi connectivity index (χ3v) is 3.48. The largest absolute Gasteiger partial charge is 0.480 e. The zero-order valence-corrected chi connectivity index (χ0v) is 13.7. The number of carbonyl (C=O) groups excluding carboxylic acids is 1. The topological polar surface area (TPSA) is 127 Å². The summed E-state index contributed by atoms with van der Waals surface area (Å²) in [4.78, 5) is 33.6. The molecule has 1 amide bonds. The second-order valence-electron chi connectivity index (χ2n) is 5.94. The lowest BCUT2D eigenvalue weighted by Crippen LogP contribution is -2.41. The van der Waals surface area contributed by atoms with E-state index in [1.165, 1.54) is 41.3 Å². The van der Waals surface area contributed by atoms with Crippen LogP contribution in [0.2, 0.25) is 0 Å². The normalized spacial score (nSPS) is 12.0. The Hall–Kier alpha value is -3.23. The molecule has 0 aliphatic rings. The molecule has 0 aliphatic carbocycles. The van der Waals surface area contributed by atoms with E-state index in [2.05, 4.69) is 10.4 Å². The number of hydrogen-bond donors (Lipinski definition) is 2. The van der Waals surface area contributed by atoms with Crippen molar-refractivity contribution in [3.05, 3.63) is 52.3 Å². The van der Waals surface area contributed by atoms with Crippen molar-refractivity contribution in [1.82, 2.24) is 15.1 Å². The number of nitro benzene ring substituents is 1. The van der Waals surface area contributed by atoms with Crippen LogP contribution in [-0.4, -0.2) is 37.7 Å². The van der Waals surface area contributed by atoms with Gasteiger partial charge >= 0.3 is 5.97 Å². The Morgan fingerprint density at radius 1 is 1.32 bits per heavy atom. The van der Waals surface area contributed by atoms with E-state index >= 15 is 0 Å². The number of nitro groups is 1. The first-order chi connectivity index (χ1) is 11.8. The Kier molecular flexibility index (Phi) is 5.48. The number of non-ortho nitro benzene ring substituents is 1. The molecule has 0 spiro atoms. The highest BCUT2D eigenvalue weighted by molar-refractivity contribution is 5.96. The van der Waals surface area contributed by atoms with E-state index in [0.29, 0.717) is 12.1 Å². The second-order valence-corrected chi connectivity index (χ2v) is 5.94. The lowest BCUT2D eigenvalue weighted by Gasteiger charge is -2.15. The van der Waals surface area contributed by atoms with Crippen molar-refractivity contribution in [2.45, 2.75) is 26.3 Å². The number of carboxylic acids is 1. The fraction of sp³-hybridized carbons (Fsp3) is 0.312. The molecule has 9 heteroatoms. The van der Waals surface area contributed by atoms with Crippen LogP contribution in [0, 0.1) is 16.0 Å². The summed E-state index contributed by atoms with van der Waals surface area (Å²) in [5.41, 5.74) is 0.696. The maximum absolute atomic E-state index is 12.2. The molecule has 1 aromatic carbocycles. The zero-order chi connectivity index (χ0) is 18.6. The van der Waals surface area contributed by atoms with E-state index < -0.39 is 22.8 Å². The van der Waals surface area contributed by atoms with Crippen molar-refractivity contribution in [2.75, 3.05) is 0 Å². The molecule has 0 fully saturated rings. The van der Waals surface area contributed by atoms with Crippen LogP contribution < -0.4 is 5.32 Å². The number of amides is 1. The van der Waals surface area contributed by atoms with Gasteiger partial charge < -0.3 is 10.4 Å². The number of hydrogen-bond acceptors (Lipinski definition) is 5. The molecule has 0 radical (unpaired) electrons. The molecule has 0 saturated heterocycles. The highest BCUT2D eigenvalue weighted by atomic mass is 16.6. The summed E-state index contributed by atoms with van der Waals surface area (Å²) in [6.07, 6.45) is 3.06. The molecule has 0 bridgehead atoms. The summed E-state index contributed by atoms with van der Waals surface area (Å²) in [7, 11) is 0. The van der Waals surface area contributed by atoms with Crippen LogP contribution >= 0.6 is 0 Å². The van der Waals surface area contributed by atoms with Gasteiger partial charge in [0.05, 0.1) is 22.4 Å². The van der Waals surface area contributed by atoms with Crippen LogP contribution in [0.1, 0.15) is 30.6 Å². The molecular weight excluding hydrogens is 328 g/mol. The molecule has 0 saturated carbocycles. The van der Waals surface area contributed by atoms with E-state index in [4.69, 9.17) is 0 Å². The van der Waals surface area contributed by atoms with E-state index in [9.17, 15) is 24.8 Å². The number of aromatic nitrogens is 2. The first-order valence-corrected chi connectivity index (χ1v) is 7.61. The van der Waals surface area contributed by atoms with E-state index in [-0.39, 0.29) is 17.2 Å². The fourth-order valence-corrected chi connectivity index (χ4v) is 2.24. The molecule has 9 nitrogen and oxygen atoms in total. The van der Waals surface area contributed by atoms with Gasteiger partial charge in [0, 0.05) is 18.3 Å². The quantitative estimate of drug-likeness (QED) is 0.583. The van der Waals surface area contributed by atoms with Crippen LogP contribution in [-0.2, 0) is 4.79 Å². The Labute approximate surface area is 143 Å². The molecule has 0 aliphatic heterocycles. The number of rotatable bonds is 7. The van der Waals surface area contributed by atoms with Crippen LogP contribution in [0.3, 0.4) is 0 Å². The molecule has 1 aromatic heterocycles. The predicted molar refractivity (Wildman–Crippen MR) is 88.6 cm³/mol. The lowest BCUT2D eigenvalue weighted by molar-refractivity contribution is -0.384. The van der Waals surface area contributed by atoms with Crippen molar-refractivity contribution < 1.29 is 19.6 Å². The Bertz CT molecular complexity index is 782. The summed E-state index contributed by atoms with van der Waals surface area (Å²) < 4.78 is 1.39. The number of nitrogens with one attached hydrogen (secondary N) is 1. The summed E-state index contributed by atoms with van der Waals surface area (Å²) in [5.74, 6) is -1.52. The summed E-state index contributed by atoms with van der Waals surface area (Å²) in [5, 5.41) is 26.3. The van der Waals surface area contributed by atoms with Gasteiger partial charge in [-0.05, 0) is 24.5 Å². The number of carbonyl (C=O) groups is 2. The number of aliphatic carboxylic acids is 1. The third kappa shape index (κ3) is 4.63. The Morgan fingerprint density at radius 3 is 2.48 bits per heavy atom. The SMILES string of the molecule is CC(C)C[C@@H](NC(=O)c1cnn(-c2ccc([N+](=O)[O-])cc2)c1)C(=O)O. The van der Waals surface area contributed by atoms with Gasteiger partial charge in [-0.15, -0.1) is 0 Å². The standard InChI is InChI=1S/C16H18N4O5/c1-10(2)7-14(16(22)23)18-15(21)11-8-17-19(9-11)12-3-5-13(6-4-12)20(24)25/h3-6,8-10,14H,7H2,1-2H3,(H,18,21)(H,22,23)/t14-/m1/s1. The Balaban J connectivity index is 2.12. The van der Waals surface area contributed by atoms with Gasteiger partial charge in [0.1, 0.15) is 6.04 Å². The van der Waals surface area contributed by atoms with Crippen molar-refractivity contribution in [2.24, 2.45) is 5.92 Å². The second kappa shape index (κ2) is 7.56. The smallest absolute Gasteiger partial charge is 0.326 e. The molecule has 25 heavy (non-hydrogen) atoms. The van der Waals surface area contributed by atoms with Gasteiger partial charge in [-0.1, -0.05) is 13.8 Å². The molecule has 2 N–H and O–H groups in total. The molecule has 132 valence electrons. The van der Waals surface area contributed by atoms with Crippen molar-refractivity contribution in [3.8, 4) is 5.69 Å². The average molecular weight is 346 g/mol. The van der Waals surface area contributed by atoms with Gasteiger partial charge in [0.25, 0.3) is 11.6 Å². The first kappa shape index (κ1) is 18.1. The van der Waals surface area contributed by atoms with Crippen LogP contribution in [0.5, 0.6) is 0 Å². The Morgan fingerprint density at radius 2 is 1.96 bits per heavy atom. The van der Waals surface area contributed by atoms with Crippen LogP contribution in [0.15, 0.2) is 36.7 Å². The highest BCUT2D eigenvalue weighted by Crippen LogP contribution is 2.15. The summed E-state index contributed by atoms with van der Waals surface area (Å²) in [6, 6.07) is 4.70. The first-order valence-electron chi connectivity index (χ1n) is 7.61. The predicted octanol–water partition coefficient (Wildman–Crippen LogP) is 2.01. The minimum Gasteiger partial charge on any atom is -0.480 e. The lowest BCUT2D eigenvalue weighted by atomic mass is 10.0. The monoisotopic (exact) mass is 346 g/mol. The van der Waals surface area contributed by atoms with Crippen LogP contribution in [0.25, 0.3) is 5.69 Å².